The fourth-order valence-corrected chi connectivity index (χ4v) is 4.98. The number of pyridine rings is 1. The number of likely N-dealkylation sites (tertiary alicyclic amines) is 1. The summed E-state index contributed by atoms with van der Waals surface area (Å²) in [6.07, 6.45) is 5.62. The minimum absolute atomic E-state index is 0.0339. The van der Waals surface area contributed by atoms with Crippen LogP contribution in [0, 0.1) is 0 Å². The van der Waals surface area contributed by atoms with E-state index < -0.39 is 11.7 Å². The molecule has 2 aromatic heterocycles. The molecule has 164 valence electrons. The Morgan fingerprint density at radius 2 is 1.78 bits per heavy atom. The molecule has 2 fully saturated rings. The van der Waals surface area contributed by atoms with E-state index in [0.29, 0.717) is 35.4 Å². The van der Waals surface area contributed by atoms with Crippen molar-refractivity contribution >= 4 is 28.6 Å². The van der Waals surface area contributed by atoms with Gasteiger partial charge in [-0.25, -0.2) is 4.98 Å². The van der Waals surface area contributed by atoms with Gasteiger partial charge in [0.15, 0.2) is 0 Å². The molecule has 0 spiro atoms. The number of nitrogens with one attached hydrogen (secondary N) is 1. The van der Waals surface area contributed by atoms with E-state index in [4.69, 9.17) is 4.74 Å². The molecule has 8 heteroatoms. The molecule has 2 aliphatic rings. The fourth-order valence-electron chi connectivity index (χ4n) is 4.98. The Morgan fingerprint density at radius 3 is 2.47 bits per heavy atom. The lowest BCUT2D eigenvalue weighted by Gasteiger charge is -2.49. The van der Waals surface area contributed by atoms with Gasteiger partial charge >= 0.3 is 0 Å². The topological polar surface area (TPSA) is 95.6 Å². The van der Waals surface area contributed by atoms with Crippen molar-refractivity contribution in [1.29, 1.82) is 0 Å². The molecule has 0 saturated carbocycles. The summed E-state index contributed by atoms with van der Waals surface area (Å²) in [6, 6.07) is 10.5. The summed E-state index contributed by atoms with van der Waals surface area (Å²) in [5.74, 6) is -0.653. The standard InChI is InChI=1S/C24H24N4O4/c1-32-19-10-11-25-22-20(19)18(12-26-22)21(29)24(31)28-16-8-5-9-17(28)14-27(13-16)23(30)15-6-3-2-4-7-15/h2-4,6-7,10-12,16-17H,5,8-9,13-14H2,1H3,(H,25,26). The lowest BCUT2D eigenvalue weighted by molar-refractivity contribution is -0.137. The first-order valence-corrected chi connectivity index (χ1v) is 10.8. The van der Waals surface area contributed by atoms with Crippen LogP contribution in [0.25, 0.3) is 11.0 Å². The molecular weight excluding hydrogens is 408 g/mol. The average Bonchev–Trinajstić information content (AvgIpc) is 3.26. The first-order valence-electron chi connectivity index (χ1n) is 10.8. The summed E-state index contributed by atoms with van der Waals surface area (Å²) < 4.78 is 5.38. The summed E-state index contributed by atoms with van der Waals surface area (Å²) in [4.78, 5) is 50.4. The number of benzene rings is 1. The summed E-state index contributed by atoms with van der Waals surface area (Å²) in [7, 11) is 1.52. The number of H-pyrrole nitrogens is 1. The van der Waals surface area contributed by atoms with Crippen molar-refractivity contribution in [3.05, 3.63) is 59.9 Å². The average molecular weight is 432 g/mol. The zero-order valence-corrected chi connectivity index (χ0v) is 17.8. The molecule has 1 N–H and O–H groups in total. The van der Waals surface area contributed by atoms with Crippen LogP contribution in [-0.4, -0.2) is 69.6 Å². The molecule has 0 radical (unpaired) electrons. The van der Waals surface area contributed by atoms with E-state index in [-0.39, 0.29) is 23.6 Å². The highest BCUT2D eigenvalue weighted by molar-refractivity contribution is 6.45. The Morgan fingerprint density at radius 1 is 1.06 bits per heavy atom. The highest BCUT2D eigenvalue weighted by Crippen LogP contribution is 2.32. The quantitative estimate of drug-likeness (QED) is 0.505. The number of carbonyl (C=O) groups excluding carboxylic acids is 3. The number of piperazine rings is 1. The number of nitrogens with zero attached hydrogens (tertiary/aromatic N) is 3. The van der Waals surface area contributed by atoms with Gasteiger partial charge in [-0.1, -0.05) is 18.2 Å². The monoisotopic (exact) mass is 432 g/mol. The van der Waals surface area contributed by atoms with E-state index in [0.717, 1.165) is 19.3 Å². The molecule has 2 aliphatic heterocycles. The van der Waals surface area contributed by atoms with Gasteiger partial charge < -0.3 is 19.5 Å². The zero-order chi connectivity index (χ0) is 22.2. The number of rotatable bonds is 4. The molecule has 8 nitrogen and oxygen atoms in total. The van der Waals surface area contributed by atoms with Crippen LogP contribution in [0.1, 0.15) is 40.0 Å². The van der Waals surface area contributed by atoms with E-state index in [1.165, 1.54) is 13.3 Å². The van der Waals surface area contributed by atoms with Crippen molar-refractivity contribution in [2.24, 2.45) is 0 Å². The Balaban J connectivity index is 1.40. The molecule has 4 heterocycles. The molecule has 5 rings (SSSR count). The maximum atomic E-state index is 13.4. The maximum absolute atomic E-state index is 13.4. The largest absolute Gasteiger partial charge is 0.496 e. The summed E-state index contributed by atoms with van der Waals surface area (Å²) in [5.41, 5.74) is 1.40. The molecule has 3 aromatic rings. The number of aromatic amines is 1. The minimum Gasteiger partial charge on any atom is -0.496 e. The molecular formula is C24H24N4O4. The van der Waals surface area contributed by atoms with Crippen LogP contribution >= 0.6 is 0 Å². The molecule has 32 heavy (non-hydrogen) atoms. The lowest BCUT2D eigenvalue weighted by Crippen LogP contribution is -2.64. The van der Waals surface area contributed by atoms with E-state index >= 15 is 0 Å². The molecule has 2 atom stereocenters. The number of Topliss-reactive ketones (excluding diaryl/α,β-unsaturated/α-hetero) is 1. The van der Waals surface area contributed by atoms with Gasteiger partial charge in [0.1, 0.15) is 11.4 Å². The second kappa shape index (κ2) is 8.11. The highest BCUT2D eigenvalue weighted by atomic mass is 16.5. The summed E-state index contributed by atoms with van der Waals surface area (Å²) >= 11 is 0. The van der Waals surface area contributed by atoms with Gasteiger partial charge in [-0.05, 0) is 37.5 Å². The smallest absolute Gasteiger partial charge is 0.295 e. The second-order valence-corrected chi connectivity index (χ2v) is 8.30. The number of carbonyl (C=O) groups is 3. The fraction of sp³-hybridized carbons (Fsp3) is 0.333. The number of ketones is 1. The predicted octanol–water partition coefficient (Wildman–Crippen LogP) is 2.66. The molecule has 0 aliphatic carbocycles. The van der Waals surface area contributed by atoms with Crippen molar-refractivity contribution in [2.45, 2.75) is 31.3 Å². The van der Waals surface area contributed by atoms with Crippen molar-refractivity contribution < 1.29 is 19.1 Å². The van der Waals surface area contributed by atoms with Gasteiger partial charge in [0.2, 0.25) is 0 Å². The first kappa shape index (κ1) is 20.2. The van der Waals surface area contributed by atoms with Crippen LogP contribution in [0.5, 0.6) is 5.75 Å². The van der Waals surface area contributed by atoms with E-state index in [1.54, 1.807) is 29.3 Å². The number of hydrogen-bond donors (Lipinski definition) is 1. The van der Waals surface area contributed by atoms with Gasteiger partial charge in [-0.15, -0.1) is 0 Å². The molecule has 2 bridgehead atoms. The third-order valence-corrected chi connectivity index (χ3v) is 6.46. The van der Waals surface area contributed by atoms with E-state index in [9.17, 15) is 14.4 Å². The third-order valence-electron chi connectivity index (χ3n) is 6.46. The molecule has 2 unspecified atom stereocenters. The van der Waals surface area contributed by atoms with Crippen LogP contribution in [-0.2, 0) is 4.79 Å². The van der Waals surface area contributed by atoms with Gasteiger partial charge in [0.25, 0.3) is 17.6 Å². The van der Waals surface area contributed by atoms with Gasteiger partial charge in [0.05, 0.1) is 30.1 Å². The van der Waals surface area contributed by atoms with Crippen LogP contribution in [0.15, 0.2) is 48.8 Å². The Hall–Kier alpha value is -3.68. The lowest BCUT2D eigenvalue weighted by atomic mass is 9.90. The van der Waals surface area contributed by atoms with E-state index in [1.807, 2.05) is 23.1 Å². The molecule has 2 saturated heterocycles. The van der Waals surface area contributed by atoms with Crippen molar-refractivity contribution in [1.82, 2.24) is 19.8 Å². The zero-order valence-electron chi connectivity index (χ0n) is 17.8. The number of ether oxygens (including phenoxy) is 1. The van der Waals surface area contributed by atoms with E-state index in [2.05, 4.69) is 9.97 Å². The normalized spacial score (nSPS) is 20.3. The number of methoxy groups -OCH3 is 1. The van der Waals surface area contributed by atoms with Crippen LogP contribution in [0.4, 0.5) is 0 Å². The summed E-state index contributed by atoms with van der Waals surface area (Å²) in [6.45, 7) is 0.865. The molecule has 2 amide bonds. The van der Waals surface area contributed by atoms with Crippen LogP contribution < -0.4 is 4.74 Å². The second-order valence-electron chi connectivity index (χ2n) is 8.30. The number of fused-ring (bicyclic) bond motifs is 3. The minimum atomic E-state index is -0.581. The van der Waals surface area contributed by atoms with Crippen molar-refractivity contribution in [3.8, 4) is 5.75 Å². The number of amides is 2. The van der Waals surface area contributed by atoms with Crippen LogP contribution in [0.2, 0.25) is 0 Å². The highest BCUT2D eigenvalue weighted by Gasteiger charge is 2.43. The van der Waals surface area contributed by atoms with Gasteiger partial charge in [-0.2, -0.15) is 0 Å². The predicted molar refractivity (Wildman–Crippen MR) is 118 cm³/mol. The van der Waals surface area contributed by atoms with Crippen molar-refractivity contribution in [3.63, 3.8) is 0 Å². The van der Waals surface area contributed by atoms with Crippen molar-refractivity contribution in [2.75, 3.05) is 20.2 Å². The maximum Gasteiger partial charge on any atom is 0.295 e. The summed E-state index contributed by atoms with van der Waals surface area (Å²) in [5, 5.41) is 0.511. The SMILES string of the molecule is COc1ccnc2[nH]cc(C(=O)C(=O)N3C4CCCC3CN(C(=O)c3ccccc3)C4)c12. The van der Waals surface area contributed by atoms with Gasteiger partial charge in [0, 0.05) is 31.0 Å². The Bertz CT molecular complexity index is 1180. The van der Waals surface area contributed by atoms with Gasteiger partial charge in [-0.3, -0.25) is 14.4 Å². The number of piperidine rings is 1. The number of aromatic nitrogens is 2. The first-order chi connectivity index (χ1) is 15.6. The third kappa shape index (κ3) is 3.32. The Kier molecular flexibility index (Phi) is 5.13. The van der Waals surface area contributed by atoms with Crippen LogP contribution in [0.3, 0.4) is 0 Å². The number of hydrogen-bond acceptors (Lipinski definition) is 5. The molecule has 1 aromatic carbocycles. The Labute approximate surface area is 185 Å².